The number of rotatable bonds is 8. The largest absolute Gasteiger partial charge is 0.466 e. The number of carbonyl (C=O) groups is 1. The van der Waals surface area contributed by atoms with E-state index in [0.717, 1.165) is 26.2 Å². The van der Waals surface area contributed by atoms with Crippen molar-refractivity contribution in [2.75, 3.05) is 6.61 Å². The second-order valence-electron chi connectivity index (χ2n) is 6.94. The van der Waals surface area contributed by atoms with Crippen molar-refractivity contribution in [2.45, 2.75) is 32.2 Å². The van der Waals surface area contributed by atoms with Gasteiger partial charge in [0, 0.05) is 13.0 Å². The molecule has 0 radical (unpaired) electrons. The van der Waals surface area contributed by atoms with Crippen LogP contribution in [0.4, 0.5) is 0 Å². The van der Waals surface area contributed by atoms with Crippen molar-refractivity contribution in [2.24, 2.45) is 0 Å². The van der Waals surface area contributed by atoms with Gasteiger partial charge in [-0.25, -0.2) is 9.78 Å². The lowest BCUT2D eigenvalue weighted by Crippen LogP contribution is -2.35. The highest BCUT2D eigenvalue weighted by molar-refractivity contribution is 7.18. The number of hydrogen-bond donors (Lipinski definition) is 1. The summed E-state index contributed by atoms with van der Waals surface area (Å²) in [6.07, 6.45) is 2.11. The van der Waals surface area contributed by atoms with Gasteiger partial charge in [0.2, 0.25) is 0 Å². The number of aromatic nitrogens is 3. The van der Waals surface area contributed by atoms with Crippen LogP contribution in [0.25, 0.3) is 21.1 Å². The molecule has 0 amide bonds. The van der Waals surface area contributed by atoms with Gasteiger partial charge in [-0.2, -0.15) is 0 Å². The Morgan fingerprint density at radius 2 is 1.87 bits per heavy atom. The van der Waals surface area contributed by atoms with E-state index in [-0.39, 0.29) is 24.7 Å². The van der Waals surface area contributed by atoms with Crippen molar-refractivity contribution in [3.8, 4) is 0 Å². The zero-order valence-corrected chi connectivity index (χ0v) is 17.1. The molecule has 4 aromatic rings. The average molecular weight is 423 g/mol. The van der Waals surface area contributed by atoms with Crippen molar-refractivity contribution >= 4 is 38.4 Å². The molecule has 4 rings (SSSR count). The van der Waals surface area contributed by atoms with E-state index in [4.69, 9.17) is 4.74 Å². The fourth-order valence-corrected chi connectivity index (χ4v) is 4.30. The Hall–Kier alpha value is -3.26. The number of esters is 1. The highest BCUT2D eigenvalue weighted by atomic mass is 32.1. The second-order valence-corrected chi connectivity index (χ2v) is 8.05. The third kappa shape index (κ3) is 4.49. The molecule has 0 atom stereocenters. The summed E-state index contributed by atoms with van der Waals surface area (Å²) in [5.74, 6) is -0.282. The molecule has 0 fully saturated rings. The van der Waals surface area contributed by atoms with E-state index < -0.39 is 5.69 Å². The van der Waals surface area contributed by atoms with E-state index in [0.29, 0.717) is 30.2 Å². The smallest absolute Gasteiger partial charge is 0.328 e. The number of ether oxygens (including phenoxy) is 1. The summed E-state index contributed by atoms with van der Waals surface area (Å²) in [7, 11) is 0. The molecule has 7 nitrogen and oxygen atoms in total. The van der Waals surface area contributed by atoms with Crippen LogP contribution in [0, 0.1) is 0 Å². The predicted octanol–water partition coefficient (Wildman–Crippen LogP) is 3.26. The van der Waals surface area contributed by atoms with Crippen LogP contribution in [-0.4, -0.2) is 27.1 Å². The molecule has 0 aliphatic rings. The van der Waals surface area contributed by atoms with Crippen LogP contribution in [0.1, 0.15) is 24.3 Å². The van der Waals surface area contributed by atoms with Gasteiger partial charge in [0.1, 0.15) is 0 Å². The number of aromatic amines is 1. The third-order valence-corrected chi connectivity index (χ3v) is 5.88. The molecule has 2 aromatic carbocycles. The lowest BCUT2D eigenvalue weighted by Gasteiger charge is -2.07. The quantitative estimate of drug-likeness (QED) is 0.347. The fourth-order valence-electron chi connectivity index (χ4n) is 3.29. The summed E-state index contributed by atoms with van der Waals surface area (Å²) in [5, 5.41) is 1.47. The first-order valence-electron chi connectivity index (χ1n) is 9.84. The van der Waals surface area contributed by atoms with Gasteiger partial charge in [0.15, 0.2) is 0 Å². The molecule has 154 valence electrons. The van der Waals surface area contributed by atoms with E-state index in [2.05, 4.69) is 9.97 Å². The molecule has 0 spiro atoms. The minimum atomic E-state index is -0.458. The molecule has 30 heavy (non-hydrogen) atoms. The number of benzene rings is 2. The van der Waals surface area contributed by atoms with Crippen LogP contribution in [0.15, 0.2) is 58.1 Å². The minimum absolute atomic E-state index is 0.165. The van der Waals surface area contributed by atoms with Gasteiger partial charge in [-0.3, -0.25) is 14.2 Å². The van der Waals surface area contributed by atoms with Gasteiger partial charge >= 0.3 is 11.7 Å². The first-order valence-corrected chi connectivity index (χ1v) is 10.7. The van der Waals surface area contributed by atoms with Crippen LogP contribution < -0.4 is 11.2 Å². The first-order chi connectivity index (χ1) is 14.6. The zero-order valence-electron chi connectivity index (χ0n) is 16.3. The van der Waals surface area contributed by atoms with Gasteiger partial charge in [-0.15, -0.1) is 11.3 Å². The molecule has 0 aliphatic heterocycles. The van der Waals surface area contributed by atoms with Crippen molar-refractivity contribution in [1.82, 2.24) is 14.5 Å². The summed E-state index contributed by atoms with van der Waals surface area (Å²) in [6.45, 7) is 0.358. The Kier molecular flexibility index (Phi) is 6.04. The van der Waals surface area contributed by atoms with Gasteiger partial charge in [0.05, 0.1) is 32.7 Å². The standard InChI is InChI=1S/C22H21N3O4S/c26-20(12-5-11-19-23-17-9-3-4-10-18(17)30-19)29-14-6-13-25-21(27)15-7-1-2-8-16(15)24-22(25)28/h1-4,7-10H,5-6,11-14H2,(H,24,28). The fraction of sp³-hybridized carbons (Fsp3) is 0.273. The zero-order chi connectivity index (χ0) is 20.9. The molecule has 2 heterocycles. The van der Waals surface area contributed by atoms with Crippen molar-refractivity contribution in [3.05, 3.63) is 74.4 Å². The molecule has 0 bridgehead atoms. The Bertz CT molecular complexity index is 1270. The van der Waals surface area contributed by atoms with Crippen molar-refractivity contribution in [3.63, 3.8) is 0 Å². The topological polar surface area (TPSA) is 94.0 Å². The molecule has 0 unspecified atom stereocenters. The average Bonchev–Trinajstić information content (AvgIpc) is 3.16. The molecule has 0 saturated carbocycles. The summed E-state index contributed by atoms with van der Waals surface area (Å²) in [6, 6.07) is 14.9. The van der Waals surface area contributed by atoms with Crippen LogP contribution in [0.5, 0.6) is 0 Å². The van der Waals surface area contributed by atoms with Gasteiger partial charge in [-0.1, -0.05) is 24.3 Å². The molecule has 2 aromatic heterocycles. The number of carbonyl (C=O) groups excluding carboxylic acids is 1. The maximum Gasteiger partial charge on any atom is 0.328 e. The maximum atomic E-state index is 12.4. The molecular weight excluding hydrogens is 402 g/mol. The number of H-pyrrole nitrogens is 1. The van der Waals surface area contributed by atoms with E-state index >= 15 is 0 Å². The van der Waals surface area contributed by atoms with Crippen molar-refractivity contribution < 1.29 is 9.53 Å². The summed E-state index contributed by atoms with van der Waals surface area (Å²) >= 11 is 1.64. The molecule has 0 aliphatic carbocycles. The van der Waals surface area contributed by atoms with E-state index in [1.54, 1.807) is 35.6 Å². The minimum Gasteiger partial charge on any atom is -0.466 e. The first kappa shape index (κ1) is 20.0. The molecule has 8 heteroatoms. The molecule has 1 N–H and O–H groups in total. The number of fused-ring (bicyclic) bond motifs is 2. The Balaban J connectivity index is 1.23. The van der Waals surface area contributed by atoms with Crippen LogP contribution in [0.3, 0.4) is 0 Å². The number of aryl methyl sites for hydroxylation is 1. The highest BCUT2D eigenvalue weighted by Gasteiger charge is 2.09. The third-order valence-electron chi connectivity index (χ3n) is 4.79. The Labute approximate surface area is 176 Å². The van der Waals surface area contributed by atoms with E-state index in [1.165, 1.54) is 0 Å². The number of nitrogens with zero attached hydrogens (tertiary/aromatic N) is 2. The van der Waals surface area contributed by atoms with Gasteiger partial charge < -0.3 is 9.72 Å². The summed E-state index contributed by atoms with van der Waals surface area (Å²) in [4.78, 5) is 43.8. The second kappa shape index (κ2) is 9.04. The predicted molar refractivity (Wildman–Crippen MR) is 117 cm³/mol. The SMILES string of the molecule is O=C(CCCc1nc2ccccc2s1)OCCCn1c(=O)[nH]c2ccccc2c1=O. The highest BCUT2D eigenvalue weighted by Crippen LogP contribution is 2.22. The molecular formula is C22H21N3O4S. The van der Waals surface area contributed by atoms with Crippen LogP contribution in [0.2, 0.25) is 0 Å². The molecule has 0 saturated heterocycles. The van der Waals surface area contributed by atoms with Gasteiger partial charge in [0.25, 0.3) is 5.56 Å². The van der Waals surface area contributed by atoms with E-state index in [1.807, 2.05) is 24.3 Å². The number of para-hydroxylation sites is 2. The lowest BCUT2D eigenvalue weighted by atomic mass is 10.2. The maximum absolute atomic E-state index is 12.4. The summed E-state index contributed by atoms with van der Waals surface area (Å²) < 4.78 is 7.53. The number of thiazole rings is 1. The van der Waals surface area contributed by atoms with Crippen molar-refractivity contribution in [1.29, 1.82) is 0 Å². The number of nitrogens with one attached hydrogen (secondary N) is 1. The number of hydrogen-bond acceptors (Lipinski definition) is 6. The summed E-state index contributed by atoms with van der Waals surface area (Å²) in [5.41, 5.74) is 0.708. The van der Waals surface area contributed by atoms with Crippen LogP contribution >= 0.6 is 11.3 Å². The lowest BCUT2D eigenvalue weighted by molar-refractivity contribution is -0.143. The Morgan fingerprint density at radius 3 is 2.73 bits per heavy atom. The van der Waals surface area contributed by atoms with Gasteiger partial charge in [-0.05, 0) is 43.5 Å². The van der Waals surface area contributed by atoms with Crippen LogP contribution in [-0.2, 0) is 22.5 Å². The monoisotopic (exact) mass is 423 g/mol. The van der Waals surface area contributed by atoms with E-state index in [9.17, 15) is 14.4 Å². The normalized spacial score (nSPS) is 11.2. The Morgan fingerprint density at radius 1 is 1.07 bits per heavy atom.